The van der Waals surface area contributed by atoms with Gasteiger partial charge >= 0.3 is 0 Å². The van der Waals surface area contributed by atoms with Crippen LogP contribution in [0.25, 0.3) is 10.8 Å². The second kappa shape index (κ2) is 8.20. The van der Waals surface area contributed by atoms with Gasteiger partial charge in [0.1, 0.15) is 5.75 Å². The number of carbonyl (C=O) groups excluding carboxylic acids is 1. The van der Waals surface area contributed by atoms with Gasteiger partial charge in [0.25, 0.3) is 5.91 Å². The summed E-state index contributed by atoms with van der Waals surface area (Å²) in [4.78, 5) is 12.1. The van der Waals surface area contributed by atoms with Crippen LogP contribution in [0.1, 0.15) is 5.56 Å². The van der Waals surface area contributed by atoms with Crippen molar-refractivity contribution in [1.82, 2.24) is 9.73 Å². The quantitative estimate of drug-likeness (QED) is 0.492. The van der Waals surface area contributed by atoms with Crippen LogP contribution in [-0.2, 0) is 14.8 Å². The second-order valence-corrected chi connectivity index (χ2v) is 8.17. The number of sulfonamides is 1. The number of aromatic hydroxyl groups is 1. The van der Waals surface area contributed by atoms with Crippen molar-refractivity contribution in [2.24, 2.45) is 5.10 Å². The maximum atomic E-state index is 12.7. The topological polar surface area (TPSA) is 99.1 Å². The number of hydrazone groups is 1. The van der Waals surface area contributed by atoms with Gasteiger partial charge < -0.3 is 5.11 Å². The molecule has 3 aromatic rings. The fourth-order valence-corrected chi connectivity index (χ4v) is 3.76. The summed E-state index contributed by atoms with van der Waals surface area (Å²) >= 11 is 0. The number of fused-ring (bicyclic) bond motifs is 1. The lowest BCUT2D eigenvalue weighted by Gasteiger charge is -2.16. The van der Waals surface area contributed by atoms with Gasteiger partial charge in [-0.2, -0.15) is 9.41 Å². The van der Waals surface area contributed by atoms with Gasteiger partial charge in [-0.15, -0.1) is 0 Å². The fraction of sp³-hybridized carbons (Fsp3) is 0.100. The van der Waals surface area contributed by atoms with Gasteiger partial charge in [-0.1, -0.05) is 42.5 Å². The molecule has 0 unspecified atom stereocenters. The highest BCUT2D eigenvalue weighted by atomic mass is 32.2. The normalized spacial score (nSPS) is 11.9. The molecule has 0 spiro atoms. The van der Waals surface area contributed by atoms with E-state index in [2.05, 4.69) is 10.5 Å². The third kappa shape index (κ3) is 4.36. The minimum Gasteiger partial charge on any atom is -0.507 e. The monoisotopic (exact) mass is 397 g/mol. The third-order valence-electron chi connectivity index (χ3n) is 4.13. The summed E-state index contributed by atoms with van der Waals surface area (Å²) < 4.78 is 26.4. The predicted molar refractivity (Wildman–Crippen MR) is 108 cm³/mol. The molecule has 0 radical (unpaired) electrons. The number of nitrogens with one attached hydrogen (secondary N) is 1. The molecule has 0 atom stereocenters. The molecular formula is C20H19N3O4S. The van der Waals surface area contributed by atoms with E-state index in [4.69, 9.17) is 0 Å². The fourth-order valence-electron chi connectivity index (χ4n) is 2.60. The molecule has 0 aliphatic rings. The third-order valence-corrected chi connectivity index (χ3v) is 5.92. The zero-order valence-corrected chi connectivity index (χ0v) is 15.9. The number of benzene rings is 3. The van der Waals surface area contributed by atoms with E-state index in [9.17, 15) is 18.3 Å². The minimum atomic E-state index is -3.83. The number of phenolic OH excluding ortho intramolecular Hbond substituents is 1. The van der Waals surface area contributed by atoms with Gasteiger partial charge in [-0.05, 0) is 35.0 Å². The van der Waals surface area contributed by atoms with Crippen LogP contribution in [0.4, 0.5) is 0 Å². The van der Waals surface area contributed by atoms with Crippen molar-refractivity contribution in [1.29, 1.82) is 0 Å². The molecule has 28 heavy (non-hydrogen) atoms. The largest absolute Gasteiger partial charge is 0.507 e. The molecule has 0 saturated carbocycles. The van der Waals surface area contributed by atoms with Crippen molar-refractivity contribution in [3.8, 4) is 5.75 Å². The van der Waals surface area contributed by atoms with E-state index in [0.717, 1.165) is 15.1 Å². The van der Waals surface area contributed by atoms with Crippen LogP contribution in [0.3, 0.4) is 0 Å². The number of phenols is 1. The first-order valence-corrected chi connectivity index (χ1v) is 9.87. The Labute approximate surface area is 163 Å². The first-order valence-electron chi connectivity index (χ1n) is 8.43. The molecule has 0 aromatic heterocycles. The van der Waals surface area contributed by atoms with E-state index in [-0.39, 0.29) is 10.6 Å². The van der Waals surface area contributed by atoms with Gasteiger partial charge in [0.2, 0.25) is 10.0 Å². The molecule has 8 heteroatoms. The van der Waals surface area contributed by atoms with Crippen molar-refractivity contribution >= 4 is 32.9 Å². The lowest BCUT2D eigenvalue weighted by Crippen LogP contribution is -2.36. The lowest BCUT2D eigenvalue weighted by molar-refractivity contribution is -0.121. The van der Waals surface area contributed by atoms with Crippen molar-refractivity contribution in [3.63, 3.8) is 0 Å². The van der Waals surface area contributed by atoms with Crippen molar-refractivity contribution in [2.75, 3.05) is 13.6 Å². The zero-order chi connectivity index (χ0) is 20.1. The Hall–Kier alpha value is -3.23. The minimum absolute atomic E-state index is 0.0245. The first-order chi connectivity index (χ1) is 13.4. The van der Waals surface area contributed by atoms with Crippen LogP contribution < -0.4 is 5.43 Å². The highest BCUT2D eigenvalue weighted by Gasteiger charge is 2.23. The summed E-state index contributed by atoms with van der Waals surface area (Å²) in [6, 6.07) is 18.8. The number of rotatable bonds is 6. The number of hydrogen-bond acceptors (Lipinski definition) is 5. The molecule has 0 bridgehead atoms. The zero-order valence-electron chi connectivity index (χ0n) is 15.1. The van der Waals surface area contributed by atoms with E-state index in [1.165, 1.54) is 25.4 Å². The van der Waals surface area contributed by atoms with Gasteiger partial charge in [-0.25, -0.2) is 13.8 Å². The summed E-state index contributed by atoms with van der Waals surface area (Å²) in [5.74, 6) is -0.574. The molecule has 7 nitrogen and oxygen atoms in total. The molecule has 0 aliphatic carbocycles. The second-order valence-electron chi connectivity index (χ2n) is 6.12. The molecule has 0 heterocycles. The van der Waals surface area contributed by atoms with E-state index >= 15 is 0 Å². The Bertz CT molecular complexity index is 1140. The Morgan fingerprint density at radius 1 is 1.07 bits per heavy atom. The number of amides is 1. The van der Waals surface area contributed by atoms with Crippen molar-refractivity contribution < 1.29 is 18.3 Å². The van der Waals surface area contributed by atoms with Gasteiger partial charge in [0.05, 0.1) is 17.7 Å². The molecular weight excluding hydrogens is 378 g/mol. The highest BCUT2D eigenvalue weighted by Crippen LogP contribution is 2.21. The summed E-state index contributed by atoms with van der Waals surface area (Å²) in [5.41, 5.74) is 2.69. The summed E-state index contributed by atoms with van der Waals surface area (Å²) in [6.45, 7) is -0.396. The SMILES string of the molecule is CN(CC(=O)N/N=C/c1ccccc1O)S(=O)(=O)c1ccc2ccccc2c1. The summed E-state index contributed by atoms with van der Waals surface area (Å²) in [6.07, 6.45) is 1.28. The standard InChI is InChI=1S/C20H19N3O4S/c1-23(14-20(25)22-21-13-17-8-4-5-9-19(17)24)28(26,27)18-11-10-15-6-2-3-7-16(15)12-18/h2-13,24H,14H2,1H3,(H,22,25)/b21-13+. The number of likely N-dealkylation sites (N-methyl/N-ethyl adjacent to an activating group) is 1. The van der Waals surface area contributed by atoms with Crippen molar-refractivity contribution in [2.45, 2.75) is 4.90 Å². The Balaban J connectivity index is 1.67. The molecule has 0 saturated heterocycles. The van der Waals surface area contributed by atoms with E-state index in [1.54, 1.807) is 30.3 Å². The maximum Gasteiger partial charge on any atom is 0.255 e. The molecule has 3 rings (SSSR count). The average Bonchev–Trinajstić information content (AvgIpc) is 2.69. The number of para-hydroxylation sites is 1. The molecule has 2 N–H and O–H groups in total. The molecule has 3 aromatic carbocycles. The van der Waals surface area contributed by atoms with Crippen LogP contribution >= 0.6 is 0 Å². The smallest absolute Gasteiger partial charge is 0.255 e. The summed E-state index contributed by atoms with van der Waals surface area (Å²) in [7, 11) is -2.50. The summed E-state index contributed by atoms with van der Waals surface area (Å²) in [5, 5.41) is 15.1. The lowest BCUT2D eigenvalue weighted by atomic mass is 10.1. The van der Waals surface area contributed by atoms with Gasteiger partial charge in [0.15, 0.2) is 0 Å². The van der Waals surface area contributed by atoms with Crippen molar-refractivity contribution in [3.05, 3.63) is 72.3 Å². The molecule has 0 aliphatic heterocycles. The van der Waals surface area contributed by atoms with E-state index in [0.29, 0.717) is 5.56 Å². The van der Waals surface area contributed by atoms with E-state index < -0.39 is 22.5 Å². The maximum absolute atomic E-state index is 12.7. The molecule has 144 valence electrons. The first kappa shape index (κ1) is 19.5. The Morgan fingerprint density at radius 3 is 2.50 bits per heavy atom. The van der Waals surface area contributed by atoms with Crippen LogP contribution in [-0.4, -0.2) is 43.5 Å². The Kier molecular flexibility index (Phi) is 5.72. The van der Waals surface area contributed by atoms with Gasteiger partial charge in [-0.3, -0.25) is 4.79 Å². The highest BCUT2D eigenvalue weighted by molar-refractivity contribution is 7.89. The van der Waals surface area contributed by atoms with E-state index in [1.807, 2.05) is 24.3 Å². The number of carbonyl (C=O) groups is 1. The predicted octanol–water partition coefficient (Wildman–Crippen LogP) is 2.32. The van der Waals surface area contributed by atoms with Crippen LogP contribution in [0.5, 0.6) is 5.75 Å². The van der Waals surface area contributed by atoms with Crippen LogP contribution in [0.2, 0.25) is 0 Å². The van der Waals surface area contributed by atoms with Gasteiger partial charge in [0, 0.05) is 12.6 Å². The Morgan fingerprint density at radius 2 is 1.75 bits per heavy atom. The number of hydrogen-bond donors (Lipinski definition) is 2. The molecule has 0 fully saturated rings. The average molecular weight is 397 g/mol. The molecule has 1 amide bonds. The number of nitrogens with zero attached hydrogens (tertiary/aromatic N) is 2. The van der Waals surface area contributed by atoms with Crippen LogP contribution in [0.15, 0.2) is 76.7 Å². The van der Waals surface area contributed by atoms with Crippen LogP contribution in [0, 0.1) is 0 Å².